The molecule has 0 radical (unpaired) electrons. The summed E-state index contributed by atoms with van der Waals surface area (Å²) in [6.45, 7) is 2.76. The molecule has 0 aliphatic rings. The second-order valence-corrected chi connectivity index (χ2v) is 7.96. The summed E-state index contributed by atoms with van der Waals surface area (Å²) >= 11 is 0. The highest BCUT2D eigenvalue weighted by atomic mass is 16.4. The number of fused-ring (bicyclic) bond motifs is 1. The lowest BCUT2D eigenvalue weighted by Gasteiger charge is -2.12. The van der Waals surface area contributed by atoms with Crippen molar-refractivity contribution in [2.45, 2.75) is 32.7 Å². The van der Waals surface area contributed by atoms with E-state index in [0.29, 0.717) is 17.8 Å². The van der Waals surface area contributed by atoms with Crippen LogP contribution in [0.5, 0.6) is 0 Å². The first-order valence-corrected chi connectivity index (χ1v) is 10.9. The molecule has 0 atom stereocenters. The highest BCUT2D eigenvalue weighted by Crippen LogP contribution is 2.26. The normalized spacial score (nSPS) is 10.9. The first-order valence-electron chi connectivity index (χ1n) is 10.9. The molecule has 168 valence electrons. The van der Waals surface area contributed by atoms with Gasteiger partial charge < -0.3 is 20.7 Å². The van der Waals surface area contributed by atoms with Crippen LogP contribution in [0.4, 0.5) is 10.5 Å². The van der Waals surface area contributed by atoms with Gasteiger partial charge in [0.15, 0.2) is 0 Å². The lowest BCUT2D eigenvalue weighted by molar-refractivity contribution is 0.0697. The van der Waals surface area contributed by atoms with Crippen LogP contribution in [0, 0.1) is 0 Å². The number of rotatable bonds is 8. The van der Waals surface area contributed by atoms with Gasteiger partial charge in [-0.3, -0.25) is 0 Å². The summed E-state index contributed by atoms with van der Waals surface area (Å²) in [5, 5.41) is 12.1. The van der Waals surface area contributed by atoms with E-state index in [2.05, 4.69) is 16.8 Å². The lowest BCUT2D eigenvalue weighted by Crippen LogP contribution is -2.19. The van der Waals surface area contributed by atoms with E-state index in [4.69, 9.17) is 10.7 Å². The number of amides is 2. The van der Waals surface area contributed by atoms with Gasteiger partial charge in [0.25, 0.3) is 0 Å². The van der Waals surface area contributed by atoms with Gasteiger partial charge in [0.05, 0.1) is 16.6 Å². The Morgan fingerprint density at radius 2 is 1.82 bits per heavy atom. The molecule has 4 rings (SSSR count). The highest BCUT2D eigenvalue weighted by Gasteiger charge is 2.14. The Hall–Kier alpha value is -4.13. The molecule has 0 saturated heterocycles. The Balaban J connectivity index is 1.69. The van der Waals surface area contributed by atoms with Crippen LogP contribution in [0.15, 0.2) is 66.7 Å². The van der Waals surface area contributed by atoms with Gasteiger partial charge in [-0.15, -0.1) is 0 Å². The Morgan fingerprint density at radius 3 is 2.52 bits per heavy atom. The SMILES string of the molecule is CCCCc1nc2ccc(NC(N)=O)cc2n1Cc1ccc(-c2ccccc2C(=O)O)cc1. The zero-order chi connectivity index (χ0) is 23.4. The van der Waals surface area contributed by atoms with Crippen molar-refractivity contribution < 1.29 is 14.7 Å². The van der Waals surface area contributed by atoms with Crippen LogP contribution in [-0.4, -0.2) is 26.7 Å². The minimum atomic E-state index is -0.944. The van der Waals surface area contributed by atoms with E-state index < -0.39 is 12.0 Å². The van der Waals surface area contributed by atoms with Crippen molar-refractivity contribution in [3.05, 3.63) is 83.7 Å². The number of unbranched alkanes of at least 4 members (excludes halogenated alkanes) is 1. The van der Waals surface area contributed by atoms with Crippen LogP contribution in [0.3, 0.4) is 0 Å². The number of nitrogens with one attached hydrogen (secondary N) is 1. The first kappa shape index (κ1) is 22.1. The van der Waals surface area contributed by atoms with Crippen LogP contribution in [0.1, 0.15) is 41.5 Å². The molecule has 7 nitrogen and oxygen atoms in total. The molecule has 0 fully saturated rings. The number of hydrogen-bond donors (Lipinski definition) is 3. The van der Waals surface area contributed by atoms with Crippen molar-refractivity contribution in [1.82, 2.24) is 9.55 Å². The van der Waals surface area contributed by atoms with Crippen molar-refractivity contribution in [1.29, 1.82) is 0 Å². The van der Waals surface area contributed by atoms with E-state index in [0.717, 1.165) is 47.2 Å². The second kappa shape index (κ2) is 9.56. The molecule has 33 heavy (non-hydrogen) atoms. The standard InChI is InChI=1S/C26H26N4O3/c1-2-3-8-24-29-22-14-13-19(28-26(27)33)15-23(22)30(24)16-17-9-11-18(12-10-17)20-6-4-5-7-21(20)25(31)32/h4-7,9-15H,2-3,8,16H2,1H3,(H,31,32)(H3,27,28,33). The maximum atomic E-state index is 11.6. The molecule has 0 aliphatic heterocycles. The number of carboxylic acids is 1. The number of carbonyl (C=O) groups excluding carboxylic acids is 1. The largest absolute Gasteiger partial charge is 0.478 e. The molecule has 0 unspecified atom stereocenters. The average Bonchev–Trinajstić information content (AvgIpc) is 3.14. The third kappa shape index (κ3) is 4.87. The quantitative estimate of drug-likeness (QED) is 0.345. The minimum absolute atomic E-state index is 0.280. The second-order valence-electron chi connectivity index (χ2n) is 7.96. The van der Waals surface area contributed by atoms with E-state index >= 15 is 0 Å². The summed E-state index contributed by atoms with van der Waals surface area (Å²) in [6.07, 6.45) is 2.95. The monoisotopic (exact) mass is 442 g/mol. The summed E-state index contributed by atoms with van der Waals surface area (Å²) < 4.78 is 2.16. The number of primary amides is 1. The Labute approximate surface area is 191 Å². The van der Waals surface area contributed by atoms with E-state index in [-0.39, 0.29) is 5.56 Å². The fourth-order valence-electron chi connectivity index (χ4n) is 3.99. The number of hydrogen-bond acceptors (Lipinski definition) is 3. The van der Waals surface area contributed by atoms with Gasteiger partial charge in [0, 0.05) is 18.7 Å². The van der Waals surface area contributed by atoms with Crippen molar-refractivity contribution in [3.63, 3.8) is 0 Å². The fraction of sp³-hybridized carbons (Fsp3) is 0.192. The number of urea groups is 1. The summed E-state index contributed by atoms with van der Waals surface area (Å²) in [5.41, 5.74) is 10.6. The van der Waals surface area contributed by atoms with Gasteiger partial charge in [0.1, 0.15) is 5.82 Å². The van der Waals surface area contributed by atoms with E-state index in [1.54, 1.807) is 18.2 Å². The van der Waals surface area contributed by atoms with E-state index in [1.807, 2.05) is 48.5 Å². The summed E-state index contributed by atoms with van der Waals surface area (Å²) in [5.74, 6) is 0.0453. The smallest absolute Gasteiger partial charge is 0.336 e. The van der Waals surface area contributed by atoms with Crippen LogP contribution >= 0.6 is 0 Å². The lowest BCUT2D eigenvalue weighted by atomic mass is 9.99. The average molecular weight is 443 g/mol. The van der Waals surface area contributed by atoms with Crippen LogP contribution < -0.4 is 11.1 Å². The van der Waals surface area contributed by atoms with Crippen molar-refractivity contribution in [2.24, 2.45) is 5.73 Å². The number of benzene rings is 3. The Kier molecular flexibility index (Phi) is 6.40. The number of carboxylic acid groups (broad SMARTS) is 1. The van der Waals surface area contributed by atoms with Crippen molar-refractivity contribution in [2.75, 3.05) is 5.32 Å². The number of imidazole rings is 1. The minimum Gasteiger partial charge on any atom is -0.478 e. The van der Waals surface area contributed by atoms with E-state index in [1.165, 1.54) is 0 Å². The molecule has 0 aliphatic carbocycles. The molecule has 3 aromatic carbocycles. The molecule has 0 spiro atoms. The number of carbonyl (C=O) groups is 2. The topological polar surface area (TPSA) is 110 Å². The first-order chi connectivity index (χ1) is 16.0. The van der Waals surface area contributed by atoms with Gasteiger partial charge in [-0.2, -0.15) is 0 Å². The zero-order valence-corrected chi connectivity index (χ0v) is 18.4. The molecule has 4 N–H and O–H groups in total. The maximum absolute atomic E-state index is 11.6. The molecule has 1 heterocycles. The maximum Gasteiger partial charge on any atom is 0.336 e. The molecule has 2 amide bonds. The van der Waals surface area contributed by atoms with Gasteiger partial charge in [-0.05, 0) is 47.4 Å². The van der Waals surface area contributed by atoms with Gasteiger partial charge in [-0.25, -0.2) is 14.6 Å². The number of anilines is 1. The molecule has 4 aromatic rings. The molecular weight excluding hydrogens is 416 g/mol. The van der Waals surface area contributed by atoms with Crippen molar-refractivity contribution >= 4 is 28.7 Å². The number of aryl methyl sites for hydroxylation is 1. The number of nitrogens with two attached hydrogens (primary N) is 1. The van der Waals surface area contributed by atoms with Crippen LogP contribution in [0.2, 0.25) is 0 Å². The Bertz CT molecular complexity index is 1310. The Morgan fingerprint density at radius 1 is 1.06 bits per heavy atom. The highest BCUT2D eigenvalue weighted by molar-refractivity contribution is 5.96. The fourth-order valence-corrected chi connectivity index (χ4v) is 3.99. The summed E-state index contributed by atoms with van der Waals surface area (Å²) in [7, 11) is 0. The molecule has 0 saturated carbocycles. The third-order valence-corrected chi connectivity index (χ3v) is 5.61. The van der Waals surface area contributed by atoms with Crippen LogP contribution in [0.25, 0.3) is 22.2 Å². The van der Waals surface area contributed by atoms with Gasteiger partial charge in [-0.1, -0.05) is 55.8 Å². The van der Waals surface area contributed by atoms with Gasteiger partial charge >= 0.3 is 12.0 Å². The predicted molar refractivity (Wildman–Crippen MR) is 129 cm³/mol. The third-order valence-electron chi connectivity index (χ3n) is 5.61. The molecule has 0 bridgehead atoms. The molecule has 7 heteroatoms. The molecule has 1 aromatic heterocycles. The molecular formula is C26H26N4O3. The number of aromatic nitrogens is 2. The van der Waals surface area contributed by atoms with Gasteiger partial charge in [0.2, 0.25) is 0 Å². The van der Waals surface area contributed by atoms with Crippen molar-refractivity contribution in [3.8, 4) is 11.1 Å². The zero-order valence-electron chi connectivity index (χ0n) is 18.4. The predicted octanol–water partition coefficient (Wildman–Crippen LogP) is 5.28. The summed E-state index contributed by atoms with van der Waals surface area (Å²) in [6, 6.07) is 19.9. The number of aromatic carboxylic acids is 1. The van der Waals surface area contributed by atoms with Crippen LogP contribution in [-0.2, 0) is 13.0 Å². The van der Waals surface area contributed by atoms with E-state index in [9.17, 15) is 14.7 Å². The number of nitrogens with zero attached hydrogens (tertiary/aromatic N) is 2. The summed E-state index contributed by atoms with van der Waals surface area (Å²) in [4.78, 5) is 27.7.